The Hall–Kier alpha value is -2.51. The van der Waals surface area contributed by atoms with Gasteiger partial charge in [-0.15, -0.1) is 0 Å². The van der Waals surface area contributed by atoms with Crippen LogP contribution in [0.3, 0.4) is 0 Å². The second kappa shape index (κ2) is 8.92. The van der Waals surface area contributed by atoms with Crippen LogP contribution in [0.5, 0.6) is 0 Å². The predicted molar refractivity (Wildman–Crippen MR) is 101 cm³/mol. The van der Waals surface area contributed by atoms with Gasteiger partial charge in [-0.25, -0.2) is 9.59 Å². The first-order chi connectivity index (χ1) is 12.7. The number of urea groups is 1. The third-order valence-electron chi connectivity index (χ3n) is 3.31. The molecule has 0 radical (unpaired) electrons. The van der Waals surface area contributed by atoms with Gasteiger partial charge >= 0.3 is 12.0 Å². The van der Waals surface area contributed by atoms with Gasteiger partial charge in [0.15, 0.2) is 6.10 Å². The van der Waals surface area contributed by atoms with Gasteiger partial charge in [-0.05, 0) is 51.1 Å². The fraction of sp³-hybridized carbons (Fsp3) is 0.278. The molecule has 144 valence electrons. The van der Waals surface area contributed by atoms with Gasteiger partial charge in [-0.2, -0.15) is 0 Å². The monoisotopic (exact) mass is 412 g/mol. The number of esters is 1. The molecule has 0 aliphatic rings. The van der Waals surface area contributed by atoms with Crippen molar-refractivity contribution in [2.45, 2.75) is 32.9 Å². The van der Waals surface area contributed by atoms with Crippen molar-refractivity contribution < 1.29 is 23.5 Å². The second-order valence-corrected chi connectivity index (χ2v) is 6.80. The Kier molecular flexibility index (Phi) is 6.87. The smallest absolute Gasteiger partial charge is 0.375 e. The van der Waals surface area contributed by atoms with Crippen LogP contribution in [0, 0.1) is 0 Å². The second-order valence-electron chi connectivity index (χ2n) is 5.95. The highest BCUT2D eigenvalue weighted by Crippen LogP contribution is 2.31. The number of carbonyl (C=O) groups is 3. The minimum atomic E-state index is -1.19. The van der Waals surface area contributed by atoms with E-state index in [1.54, 1.807) is 38.1 Å². The number of carbonyl (C=O) groups excluding carboxylic acids is 3. The van der Waals surface area contributed by atoms with Gasteiger partial charge in [0.2, 0.25) is 5.76 Å². The number of ether oxygens (including phenoxy) is 1. The number of hydrogen-bond donors (Lipinski definition) is 2. The minimum Gasteiger partial charge on any atom is -0.449 e. The molecule has 0 aliphatic heterocycles. The molecule has 0 aliphatic carbocycles. The molecule has 2 N–H and O–H groups in total. The summed E-state index contributed by atoms with van der Waals surface area (Å²) < 4.78 is 10.5. The van der Waals surface area contributed by atoms with E-state index in [4.69, 9.17) is 32.4 Å². The number of furan rings is 1. The Bertz CT molecular complexity index is 863. The molecule has 27 heavy (non-hydrogen) atoms. The Labute approximate surface area is 166 Å². The van der Waals surface area contributed by atoms with Gasteiger partial charge in [-0.3, -0.25) is 10.1 Å². The zero-order valence-corrected chi connectivity index (χ0v) is 16.4. The molecule has 1 aromatic heterocycles. The van der Waals surface area contributed by atoms with Gasteiger partial charge in [0.1, 0.15) is 5.76 Å². The van der Waals surface area contributed by atoms with Gasteiger partial charge < -0.3 is 14.5 Å². The van der Waals surface area contributed by atoms with Crippen molar-refractivity contribution in [2.24, 2.45) is 0 Å². The third kappa shape index (κ3) is 5.74. The Morgan fingerprint density at radius 3 is 2.41 bits per heavy atom. The number of halogens is 2. The van der Waals surface area contributed by atoms with E-state index in [1.807, 2.05) is 0 Å². The number of nitrogens with one attached hydrogen (secondary N) is 2. The maximum absolute atomic E-state index is 12.2. The molecule has 2 rings (SSSR count). The molecular formula is C18H18Cl2N2O5. The highest BCUT2D eigenvalue weighted by atomic mass is 35.5. The van der Waals surface area contributed by atoms with Gasteiger partial charge in [0.05, 0.1) is 5.02 Å². The first kappa shape index (κ1) is 20.8. The normalized spacial score (nSPS) is 11.8. The van der Waals surface area contributed by atoms with E-state index in [-0.39, 0.29) is 11.8 Å². The average Bonchev–Trinajstić information content (AvgIpc) is 3.03. The van der Waals surface area contributed by atoms with Gasteiger partial charge in [0.25, 0.3) is 5.91 Å². The lowest BCUT2D eigenvalue weighted by molar-refractivity contribution is -0.128. The molecule has 3 amide bonds. The van der Waals surface area contributed by atoms with Crippen molar-refractivity contribution in [2.75, 3.05) is 0 Å². The Balaban J connectivity index is 2.01. The van der Waals surface area contributed by atoms with Crippen LogP contribution in [0.25, 0.3) is 11.3 Å². The van der Waals surface area contributed by atoms with Crippen LogP contribution in [-0.2, 0) is 9.53 Å². The summed E-state index contributed by atoms with van der Waals surface area (Å²) in [6, 6.07) is 6.98. The quantitative estimate of drug-likeness (QED) is 0.722. The van der Waals surface area contributed by atoms with E-state index < -0.39 is 24.0 Å². The molecule has 7 nitrogen and oxygen atoms in total. The average molecular weight is 413 g/mol. The highest BCUT2D eigenvalue weighted by molar-refractivity contribution is 6.36. The SMILES string of the molecule is CC(C)NC(=O)NC(=O)[C@H](C)OC(=O)c1ccc(-c2ccc(Cl)cc2Cl)o1. The zero-order valence-electron chi connectivity index (χ0n) is 14.8. The topological polar surface area (TPSA) is 97.6 Å². The van der Waals surface area contributed by atoms with E-state index in [1.165, 1.54) is 13.0 Å². The predicted octanol–water partition coefficient (Wildman–Crippen LogP) is 4.03. The van der Waals surface area contributed by atoms with Crippen LogP contribution in [0.2, 0.25) is 10.0 Å². The van der Waals surface area contributed by atoms with Crippen molar-refractivity contribution in [3.05, 3.63) is 46.1 Å². The molecule has 1 atom stereocenters. The van der Waals surface area contributed by atoms with E-state index in [0.29, 0.717) is 21.4 Å². The highest BCUT2D eigenvalue weighted by Gasteiger charge is 2.23. The maximum atomic E-state index is 12.2. The van der Waals surface area contributed by atoms with Crippen LogP contribution in [0.15, 0.2) is 34.7 Å². The van der Waals surface area contributed by atoms with E-state index in [0.717, 1.165) is 0 Å². The van der Waals surface area contributed by atoms with Crippen LogP contribution in [0.1, 0.15) is 31.3 Å². The zero-order chi connectivity index (χ0) is 20.1. The summed E-state index contributed by atoms with van der Waals surface area (Å²) in [4.78, 5) is 35.6. The standard InChI is InChI=1S/C18H18Cl2N2O5/c1-9(2)21-18(25)22-16(23)10(3)26-17(24)15-7-6-14(27-15)12-5-4-11(19)8-13(12)20/h4-10H,1-3H3,(H2,21,22,23,25)/t10-/m0/s1. The molecule has 9 heteroatoms. The molecule has 0 bridgehead atoms. The first-order valence-electron chi connectivity index (χ1n) is 8.05. The summed E-state index contributed by atoms with van der Waals surface area (Å²) in [5.74, 6) is -1.37. The fourth-order valence-corrected chi connectivity index (χ4v) is 2.57. The van der Waals surface area contributed by atoms with Crippen molar-refractivity contribution in [1.29, 1.82) is 0 Å². The van der Waals surface area contributed by atoms with E-state index >= 15 is 0 Å². The number of imide groups is 1. The van der Waals surface area contributed by atoms with Crippen LogP contribution in [0.4, 0.5) is 4.79 Å². The lowest BCUT2D eigenvalue weighted by Gasteiger charge is -2.13. The number of rotatable bonds is 5. The van der Waals surface area contributed by atoms with E-state index in [9.17, 15) is 14.4 Å². The van der Waals surface area contributed by atoms with Crippen LogP contribution in [-0.4, -0.2) is 30.1 Å². The minimum absolute atomic E-state index is 0.109. The molecule has 1 heterocycles. The molecule has 1 aromatic carbocycles. The maximum Gasteiger partial charge on any atom is 0.375 e. The largest absolute Gasteiger partial charge is 0.449 e. The third-order valence-corrected chi connectivity index (χ3v) is 3.86. The molecular weight excluding hydrogens is 395 g/mol. The molecule has 2 aromatic rings. The van der Waals surface area contributed by atoms with Gasteiger partial charge in [0, 0.05) is 16.6 Å². The summed E-state index contributed by atoms with van der Waals surface area (Å²) >= 11 is 12.0. The van der Waals surface area contributed by atoms with Crippen LogP contribution < -0.4 is 10.6 Å². The van der Waals surface area contributed by atoms with Gasteiger partial charge in [-0.1, -0.05) is 23.2 Å². The lowest BCUT2D eigenvalue weighted by atomic mass is 10.2. The Morgan fingerprint density at radius 2 is 1.78 bits per heavy atom. The molecule has 0 saturated carbocycles. The number of benzene rings is 1. The van der Waals surface area contributed by atoms with Crippen molar-refractivity contribution in [1.82, 2.24) is 10.6 Å². The van der Waals surface area contributed by atoms with E-state index in [2.05, 4.69) is 10.6 Å². The van der Waals surface area contributed by atoms with Crippen molar-refractivity contribution >= 4 is 41.1 Å². The summed E-state index contributed by atoms with van der Waals surface area (Å²) in [6.07, 6.45) is -1.19. The van der Waals surface area contributed by atoms with Crippen LogP contribution >= 0.6 is 23.2 Å². The number of hydrogen-bond acceptors (Lipinski definition) is 5. The lowest BCUT2D eigenvalue weighted by Crippen LogP contribution is -2.46. The molecule has 0 fully saturated rings. The molecule has 0 saturated heterocycles. The van der Waals surface area contributed by atoms with Crippen molar-refractivity contribution in [3.63, 3.8) is 0 Å². The summed E-state index contributed by atoms with van der Waals surface area (Å²) in [7, 11) is 0. The molecule has 0 spiro atoms. The number of amides is 3. The summed E-state index contributed by atoms with van der Waals surface area (Å²) in [6.45, 7) is 4.83. The fourth-order valence-electron chi connectivity index (χ4n) is 2.07. The molecule has 0 unspecified atom stereocenters. The summed E-state index contributed by atoms with van der Waals surface area (Å²) in [5.41, 5.74) is 0.552. The van der Waals surface area contributed by atoms with Crippen molar-refractivity contribution in [3.8, 4) is 11.3 Å². The summed E-state index contributed by atoms with van der Waals surface area (Å²) in [5, 5.41) is 5.41. The first-order valence-corrected chi connectivity index (χ1v) is 8.80. The Morgan fingerprint density at radius 1 is 1.07 bits per heavy atom.